The van der Waals surface area contributed by atoms with Gasteiger partial charge in [0.15, 0.2) is 9.84 Å². The van der Waals surface area contributed by atoms with Gasteiger partial charge in [-0.1, -0.05) is 36.4 Å². The average Bonchev–Trinajstić information content (AvgIpc) is 3.21. The van der Waals surface area contributed by atoms with Crippen molar-refractivity contribution in [2.45, 2.75) is 5.25 Å². The molecule has 0 saturated heterocycles. The van der Waals surface area contributed by atoms with Crippen LogP contribution in [0.15, 0.2) is 66.9 Å². The maximum atomic E-state index is 13.1. The molecule has 0 aliphatic heterocycles. The van der Waals surface area contributed by atoms with Gasteiger partial charge in [-0.05, 0) is 46.5 Å². The molecule has 1 unspecified atom stereocenters. The van der Waals surface area contributed by atoms with E-state index in [1.807, 2.05) is 0 Å². The third-order valence-corrected chi connectivity index (χ3v) is 7.09. The number of carbonyl (C=O) groups is 1. The second-order valence-corrected chi connectivity index (χ2v) is 10.1. The first kappa shape index (κ1) is 23.1. The summed E-state index contributed by atoms with van der Waals surface area (Å²) in [4.78, 5) is 15.1. The summed E-state index contributed by atoms with van der Waals surface area (Å²) in [6.45, 7) is 0. The number of ether oxygens (including phenoxy) is 1. The molecule has 5 N–H and O–H groups in total. The van der Waals surface area contributed by atoms with Gasteiger partial charge in [0.1, 0.15) is 16.8 Å². The molecule has 9 heteroatoms. The van der Waals surface area contributed by atoms with Gasteiger partial charge in [-0.2, -0.15) is 0 Å². The van der Waals surface area contributed by atoms with Crippen LogP contribution in [0.1, 0.15) is 32.3 Å². The number of hydrogen-bond acceptors (Lipinski definition) is 5. The first-order valence-corrected chi connectivity index (χ1v) is 12.2. The highest BCUT2D eigenvalue weighted by atomic mass is 32.2. The van der Waals surface area contributed by atoms with Gasteiger partial charge in [-0.3, -0.25) is 5.41 Å². The van der Waals surface area contributed by atoms with E-state index in [0.717, 1.165) is 6.26 Å². The molecule has 0 radical (unpaired) electrons. The molecule has 0 saturated carbocycles. The van der Waals surface area contributed by atoms with E-state index >= 15 is 0 Å². The summed E-state index contributed by atoms with van der Waals surface area (Å²) in [5.74, 6) is -0.858. The number of benzene rings is 3. The van der Waals surface area contributed by atoms with Crippen LogP contribution in [0.2, 0.25) is 0 Å². The Labute approximate surface area is 196 Å². The van der Waals surface area contributed by atoms with Gasteiger partial charge in [-0.15, -0.1) is 0 Å². The van der Waals surface area contributed by atoms with Gasteiger partial charge in [-0.25, -0.2) is 13.2 Å². The number of aromatic amines is 1. The van der Waals surface area contributed by atoms with Crippen molar-refractivity contribution in [3.63, 3.8) is 0 Å². The van der Waals surface area contributed by atoms with Gasteiger partial charge in [0.05, 0.1) is 12.7 Å². The molecule has 0 aliphatic rings. The summed E-state index contributed by atoms with van der Waals surface area (Å²) in [6, 6.07) is 16.6. The molecule has 0 spiro atoms. The number of nitrogens with one attached hydrogen (secondary N) is 2. The molecule has 3 aromatic carbocycles. The Bertz CT molecular complexity index is 1540. The molecule has 0 aliphatic carbocycles. The van der Waals surface area contributed by atoms with Crippen molar-refractivity contribution >= 4 is 32.5 Å². The van der Waals surface area contributed by atoms with Crippen LogP contribution in [0.5, 0.6) is 5.75 Å². The number of methoxy groups -OCH3 is 1. The highest BCUT2D eigenvalue weighted by Crippen LogP contribution is 2.41. The Hall–Kier alpha value is -4.11. The number of amidine groups is 1. The Kier molecular flexibility index (Phi) is 5.89. The zero-order chi connectivity index (χ0) is 24.6. The van der Waals surface area contributed by atoms with Gasteiger partial charge in [0.25, 0.3) is 0 Å². The number of hydrogen-bond donors (Lipinski definition) is 4. The Morgan fingerprint density at radius 1 is 1.06 bits per heavy atom. The predicted molar refractivity (Wildman–Crippen MR) is 131 cm³/mol. The van der Waals surface area contributed by atoms with E-state index in [0.29, 0.717) is 44.5 Å². The zero-order valence-electron chi connectivity index (χ0n) is 18.5. The molecule has 0 fully saturated rings. The van der Waals surface area contributed by atoms with Crippen molar-refractivity contribution in [1.82, 2.24) is 4.98 Å². The number of rotatable bonds is 7. The molecular formula is C25H23N3O5S. The minimum atomic E-state index is -3.69. The lowest BCUT2D eigenvalue weighted by molar-refractivity contribution is 0.0697. The van der Waals surface area contributed by atoms with Crippen molar-refractivity contribution < 1.29 is 23.1 Å². The smallest absolute Gasteiger partial charge is 0.336 e. The molecule has 4 aromatic rings. The van der Waals surface area contributed by atoms with Crippen molar-refractivity contribution in [2.75, 3.05) is 13.4 Å². The highest BCUT2D eigenvalue weighted by Gasteiger charge is 2.31. The maximum Gasteiger partial charge on any atom is 0.336 e. The molecule has 0 bridgehead atoms. The number of aromatic nitrogens is 1. The van der Waals surface area contributed by atoms with Crippen molar-refractivity contribution in [2.24, 2.45) is 5.73 Å². The van der Waals surface area contributed by atoms with E-state index < -0.39 is 21.1 Å². The molecule has 34 heavy (non-hydrogen) atoms. The lowest BCUT2D eigenvalue weighted by Crippen LogP contribution is -2.14. The SMILES string of the molecule is COc1ccc(-c2ccccc2C(c2c[nH]c3cc(C(=N)N)ccc23)S(C)(=O)=O)c(C(=O)O)c1. The van der Waals surface area contributed by atoms with Crippen molar-refractivity contribution in [3.05, 3.63) is 89.1 Å². The van der Waals surface area contributed by atoms with Gasteiger partial charge in [0, 0.05) is 28.9 Å². The van der Waals surface area contributed by atoms with E-state index in [2.05, 4.69) is 4.98 Å². The monoisotopic (exact) mass is 477 g/mol. The third kappa shape index (κ3) is 4.13. The Balaban J connectivity index is 1.98. The van der Waals surface area contributed by atoms with E-state index in [1.165, 1.54) is 13.2 Å². The fourth-order valence-corrected chi connectivity index (χ4v) is 5.52. The maximum absolute atomic E-state index is 13.1. The molecule has 1 heterocycles. The van der Waals surface area contributed by atoms with E-state index in [1.54, 1.807) is 60.8 Å². The van der Waals surface area contributed by atoms with Crippen LogP contribution in [0, 0.1) is 5.41 Å². The Morgan fingerprint density at radius 2 is 1.79 bits per heavy atom. The number of nitrogens with two attached hydrogens (primary N) is 1. The van der Waals surface area contributed by atoms with Crippen molar-refractivity contribution in [3.8, 4) is 16.9 Å². The molecule has 0 amide bonds. The number of nitrogen functional groups attached to an aromatic ring is 1. The number of H-pyrrole nitrogens is 1. The van der Waals surface area contributed by atoms with Crippen LogP contribution >= 0.6 is 0 Å². The summed E-state index contributed by atoms with van der Waals surface area (Å²) < 4.78 is 31.5. The quantitative estimate of drug-likeness (QED) is 0.234. The largest absolute Gasteiger partial charge is 0.497 e. The van der Waals surface area contributed by atoms with Gasteiger partial charge < -0.3 is 20.6 Å². The molecule has 1 aromatic heterocycles. The number of carboxylic acids is 1. The fourth-order valence-electron chi connectivity index (χ4n) is 4.19. The average molecular weight is 478 g/mol. The van der Waals surface area contributed by atoms with Crippen LogP contribution < -0.4 is 10.5 Å². The second-order valence-electron chi connectivity index (χ2n) is 7.93. The van der Waals surface area contributed by atoms with Crippen molar-refractivity contribution in [1.29, 1.82) is 5.41 Å². The lowest BCUT2D eigenvalue weighted by atomic mass is 9.91. The number of carboxylic acid groups (broad SMARTS) is 1. The minimum Gasteiger partial charge on any atom is -0.497 e. The normalized spacial score (nSPS) is 12.4. The fraction of sp³-hybridized carbons (Fsp3) is 0.120. The van der Waals surface area contributed by atoms with Crippen LogP contribution in [-0.2, 0) is 9.84 Å². The van der Waals surface area contributed by atoms with Crippen LogP contribution in [0.4, 0.5) is 0 Å². The molecule has 1 atom stereocenters. The van der Waals surface area contributed by atoms with E-state index in [-0.39, 0.29) is 11.4 Å². The number of sulfone groups is 1. The van der Waals surface area contributed by atoms with Crippen LogP contribution in [0.25, 0.3) is 22.0 Å². The van der Waals surface area contributed by atoms with Crippen LogP contribution in [-0.4, -0.2) is 43.7 Å². The summed E-state index contributed by atoms with van der Waals surface area (Å²) in [5.41, 5.74) is 8.60. The molecular weight excluding hydrogens is 454 g/mol. The minimum absolute atomic E-state index is 0.00378. The first-order valence-electron chi connectivity index (χ1n) is 10.3. The van der Waals surface area contributed by atoms with E-state index in [9.17, 15) is 18.3 Å². The summed E-state index contributed by atoms with van der Waals surface area (Å²) in [6.07, 6.45) is 2.78. The summed E-state index contributed by atoms with van der Waals surface area (Å²) >= 11 is 0. The topological polar surface area (TPSA) is 146 Å². The zero-order valence-corrected chi connectivity index (χ0v) is 19.3. The van der Waals surface area contributed by atoms with Gasteiger partial charge >= 0.3 is 5.97 Å². The standard InChI is InChI=1S/C25H23N3O5S/c1-33-15-8-10-17(20(12-15)25(29)30)16-5-3-4-6-19(16)23(34(2,31)32)21-13-28-22-11-14(24(26)27)7-9-18(21)22/h3-13,23,28H,1-2H3,(H3,26,27)(H,29,30). The number of aromatic carboxylic acids is 1. The molecule has 174 valence electrons. The Morgan fingerprint density at radius 3 is 2.44 bits per heavy atom. The molecule has 4 rings (SSSR count). The number of fused-ring (bicyclic) bond motifs is 1. The second kappa shape index (κ2) is 8.68. The van der Waals surface area contributed by atoms with Crippen LogP contribution in [0.3, 0.4) is 0 Å². The van der Waals surface area contributed by atoms with Gasteiger partial charge in [0.2, 0.25) is 0 Å². The predicted octanol–water partition coefficient (Wildman–Crippen LogP) is 3.96. The summed E-state index contributed by atoms with van der Waals surface area (Å²) in [5, 5.41) is 17.1. The third-order valence-electron chi connectivity index (χ3n) is 5.73. The van der Waals surface area contributed by atoms with E-state index in [4.69, 9.17) is 15.9 Å². The summed E-state index contributed by atoms with van der Waals surface area (Å²) in [7, 11) is -2.25. The molecule has 8 nitrogen and oxygen atoms in total. The lowest BCUT2D eigenvalue weighted by Gasteiger charge is -2.20. The first-order chi connectivity index (χ1) is 16.1. The highest BCUT2D eigenvalue weighted by molar-refractivity contribution is 7.91.